The van der Waals surface area contributed by atoms with Crippen LogP contribution in [0.5, 0.6) is 0 Å². The maximum Gasteiger partial charge on any atom is 0.349 e. The summed E-state index contributed by atoms with van der Waals surface area (Å²) in [4.78, 5) is 25.0. The summed E-state index contributed by atoms with van der Waals surface area (Å²) in [5.41, 5.74) is 0.337. The predicted octanol–water partition coefficient (Wildman–Crippen LogP) is 3.31. The van der Waals surface area contributed by atoms with Crippen molar-refractivity contribution in [2.24, 2.45) is 0 Å². The zero-order valence-electron chi connectivity index (χ0n) is 17.1. The summed E-state index contributed by atoms with van der Waals surface area (Å²) in [6, 6.07) is 14.4. The van der Waals surface area contributed by atoms with Gasteiger partial charge in [0.1, 0.15) is 11.1 Å². The van der Waals surface area contributed by atoms with Crippen LogP contribution < -0.4 is 10.9 Å². The molecule has 3 rings (SSSR count). The summed E-state index contributed by atoms with van der Waals surface area (Å²) >= 11 is 0. The van der Waals surface area contributed by atoms with E-state index >= 15 is 0 Å². The Morgan fingerprint density at radius 2 is 1.70 bits per heavy atom. The van der Waals surface area contributed by atoms with Crippen LogP contribution in [0.15, 0.2) is 68.7 Å². The van der Waals surface area contributed by atoms with Gasteiger partial charge in [-0.25, -0.2) is 13.2 Å². The molecular weight excluding hydrogens is 404 g/mol. The highest BCUT2D eigenvalue weighted by Gasteiger charge is 2.22. The molecule has 1 atom stereocenters. The number of fused-ring (bicyclic) bond motifs is 1. The molecule has 2 aromatic carbocycles. The largest absolute Gasteiger partial charge is 0.422 e. The normalized spacial score (nSPS) is 12.8. The van der Waals surface area contributed by atoms with E-state index in [-0.39, 0.29) is 10.5 Å². The molecule has 1 aromatic heterocycles. The summed E-state index contributed by atoms with van der Waals surface area (Å²) in [6.45, 7) is 6.12. The van der Waals surface area contributed by atoms with Gasteiger partial charge in [0.2, 0.25) is 10.0 Å². The van der Waals surface area contributed by atoms with Crippen molar-refractivity contribution in [1.82, 2.24) is 9.62 Å². The summed E-state index contributed by atoms with van der Waals surface area (Å²) in [6.07, 6.45) is 0. The lowest BCUT2D eigenvalue weighted by Crippen LogP contribution is -2.31. The fraction of sp³-hybridized carbons (Fsp3) is 0.273. The number of amides is 1. The first-order valence-corrected chi connectivity index (χ1v) is 11.2. The Bertz CT molecular complexity index is 1210. The third kappa shape index (κ3) is 4.29. The van der Waals surface area contributed by atoms with E-state index in [9.17, 15) is 18.0 Å². The molecular formula is C22H24N2O5S. The highest BCUT2D eigenvalue weighted by atomic mass is 32.2. The first-order chi connectivity index (χ1) is 14.3. The fourth-order valence-electron chi connectivity index (χ4n) is 3.22. The molecule has 0 fully saturated rings. The molecule has 0 aliphatic heterocycles. The molecule has 1 amide bonds. The van der Waals surface area contributed by atoms with Gasteiger partial charge in [0.05, 0.1) is 10.9 Å². The van der Waals surface area contributed by atoms with Gasteiger partial charge in [0, 0.05) is 18.5 Å². The number of para-hydroxylation sites is 1. The molecule has 1 heterocycles. The van der Waals surface area contributed by atoms with Crippen LogP contribution in [0, 0.1) is 0 Å². The Labute approximate surface area is 175 Å². The molecule has 1 unspecified atom stereocenters. The summed E-state index contributed by atoms with van der Waals surface area (Å²) in [5, 5.41) is 3.42. The smallest absolute Gasteiger partial charge is 0.349 e. The summed E-state index contributed by atoms with van der Waals surface area (Å²) < 4.78 is 31.8. The van der Waals surface area contributed by atoms with Crippen molar-refractivity contribution in [3.8, 4) is 0 Å². The number of nitrogens with one attached hydrogen (secondary N) is 1. The summed E-state index contributed by atoms with van der Waals surface area (Å²) in [5.74, 6) is -0.554. The Kier molecular flexibility index (Phi) is 6.38. The maximum absolute atomic E-state index is 12.6. The van der Waals surface area contributed by atoms with Crippen LogP contribution in [0.25, 0.3) is 11.0 Å². The Balaban J connectivity index is 1.79. The van der Waals surface area contributed by atoms with Gasteiger partial charge < -0.3 is 9.73 Å². The minimum absolute atomic E-state index is 0.0821. The highest BCUT2D eigenvalue weighted by molar-refractivity contribution is 7.89. The molecule has 0 aliphatic rings. The Hall–Kier alpha value is -2.97. The van der Waals surface area contributed by atoms with Gasteiger partial charge in [-0.15, -0.1) is 0 Å². The van der Waals surface area contributed by atoms with Crippen LogP contribution in [0.1, 0.15) is 42.7 Å². The second-order valence-electron chi connectivity index (χ2n) is 6.84. The average molecular weight is 429 g/mol. The third-order valence-corrected chi connectivity index (χ3v) is 7.02. The lowest BCUT2D eigenvalue weighted by molar-refractivity contribution is 0.0936. The van der Waals surface area contributed by atoms with Gasteiger partial charge in [-0.05, 0) is 36.8 Å². The second-order valence-corrected chi connectivity index (χ2v) is 8.78. The molecule has 1 N–H and O–H groups in total. The molecule has 0 bridgehead atoms. The number of carbonyl (C=O) groups is 1. The molecule has 0 aliphatic carbocycles. The van der Waals surface area contributed by atoms with E-state index in [4.69, 9.17) is 4.42 Å². The van der Waals surface area contributed by atoms with Gasteiger partial charge in [-0.1, -0.05) is 44.2 Å². The van der Waals surface area contributed by atoms with Crippen molar-refractivity contribution in [2.75, 3.05) is 13.1 Å². The van der Waals surface area contributed by atoms with Crippen molar-refractivity contribution >= 4 is 26.9 Å². The van der Waals surface area contributed by atoms with Gasteiger partial charge in [0.25, 0.3) is 5.91 Å². The van der Waals surface area contributed by atoms with E-state index in [1.54, 1.807) is 57.2 Å². The van der Waals surface area contributed by atoms with Crippen LogP contribution in [-0.2, 0) is 10.0 Å². The highest BCUT2D eigenvalue weighted by Crippen LogP contribution is 2.20. The second kappa shape index (κ2) is 8.81. The molecule has 0 saturated heterocycles. The molecule has 3 aromatic rings. The van der Waals surface area contributed by atoms with E-state index in [0.29, 0.717) is 29.6 Å². The standard InChI is InChI=1S/C22H24N2O5S/c1-4-24(5-2)30(27,28)18-12-10-16(11-13-18)15(3)23-21(25)19-14-17-8-6-7-9-20(17)29-22(19)26/h6-15H,4-5H2,1-3H3,(H,23,25). The van der Waals surface area contributed by atoms with Crippen LogP contribution in [0.2, 0.25) is 0 Å². The number of nitrogens with zero attached hydrogens (tertiary/aromatic N) is 1. The Morgan fingerprint density at radius 3 is 2.33 bits per heavy atom. The van der Waals surface area contributed by atoms with Crippen LogP contribution in [-0.4, -0.2) is 31.7 Å². The molecule has 8 heteroatoms. The van der Waals surface area contributed by atoms with Crippen molar-refractivity contribution in [2.45, 2.75) is 31.7 Å². The number of rotatable bonds is 7. The number of hydrogen-bond donors (Lipinski definition) is 1. The number of hydrogen-bond acceptors (Lipinski definition) is 5. The minimum Gasteiger partial charge on any atom is -0.422 e. The first kappa shape index (κ1) is 21.7. The lowest BCUT2D eigenvalue weighted by atomic mass is 10.1. The maximum atomic E-state index is 12.6. The monoisotopic (exact) mass is 428 g/mol. The number of benzene rings is 2. The zero-order chi connectivity index (χ0) is 21.9. The van der Waals surface area contributed by atoms with E-state index < -0.39 is 27.6 Å². The van der Waals surface area contributed by atoms with Gasteiger partial charge in [0.15, 0.2) is 0 Å². The quantitative estimate of drug-likeness (QED) is 0.583. The average Bonchev–Trinajstić information content (AvgIpc) is 2.73. The van der Waals surface area contributed by atoms with Crippen LogP contribution in [0.4, 0.5) is 0 Å². The van der Waals surface area contributed by atoms with Crippen LogP contribution >= 0.6 is 0 Å². The molecule has 30 heavy (non-hydrogen) atoms. The Morgan fingerprint density at radius 1 is 1.07 bits per heavy atom. The van der Waals surface area contributed by atoms with Gasteiger partial charge >= 0.3 is 5.63 Å². The number of carbonyl (C=O) groups excluding carboxylic acids is 1. The zero-order valence-corrected chi connectivity index (χ0v) is 17.9. The van der Waals surface area contributed by atoms with Gasteiger partial charge in [-0.2, -0.15) is 4.31 Å². The van der Waals surface area contributed by atoms with Gasteiger partial charge in [-0.3, -0.25) is 4.79 Å². The van der Waals surface area contributed by atoms with E-state index in [2.05, 4.69) is 5.32 Å². The molecule has 0 radical (unpaired) electrons. The molecule has 0 saturated carbocycles. The van der Waals surface area contributed by atoms with Crippen molar-refractivity contribution < 1.29 is 17.6 Å². The number of sulfonamides is 1. The van der Waals surface area contributed by atoms with Crippen molar-refractivity contribution in [3.63, 3.8) is 0 Å². The molecule has 0 spiro atoms. The van der Waals surface area contributed by atoms with Crippen molar-refractivity contribution in [3.05, 3.63) is 76.1 Å². The lowest BCUT2D eigenvalue weighted by Gasteiger charge is -2.19. The predicted molar refractivity (Wildman–Crippen MR) is 115 cm³/mol. The topological polar surface area (TPSA) is 96.7 Å². The van der Waals surface area contributed by atoms with E-state index in [1.807, 2.05) is 0 Å². The van der Waals surface area contributed by atoms with E-state index in [1.165, 1.54) is 22.5 Å². The fourth-order valence-corrected chi connectivity index (χ4v) is 4.68. The van der Waals surface area contributed by atoms with Crippen molar-refractivity contribution in [1.29, 1.82) is 0 Å². The first-order valence-electron chi connectivity index (χ1n) is 9.71. The minimum atomic E-state index is -3.54. The molecule has 7 nitrogen and oxygen atoms in total. The summed E-state index contributed by atoms with van der Waals surface area (Å²) in [7, 11) is -3.54. The third-order valence-electron chi connectivity index (χ3n) is 4.96. The molecule has 158 valence electrons. The van der Waals surface area contributed by atoms with E-state index in [0.717, 1.165) is 0 Å². The SMILES string of the molecule is CCN(CC)S(=O)(=O)c1ccc(C(C)NC(=O)c2cc3ccccc3oc2=O)cc1. The van der Waals surface area contributed by atoms with Crippen LogP contribution in [0.3, 0.4) is 0 Å².